The topological polar surface area (TPSA) is 102 Å². The SMILES string of the molecule is CN(C)S(=O)(=O)c1cccc(NCC(=O)Nc2cccc(C#N)c2)c1. The van der Waals surface area contributed by atoms with Crippen LogP contribution in [-0.4, -0.2) is 39.3 Å². The first-order valence-corrected chi connectivity index (χ1v) is 8.83. The van der Waals surface area contributed by atoms with E-state index in [9.17, 15) is 13.2 Å². The summed E-state index contributed by atoms with van der Waals surface area (Å²) in [6.45, 7) is -0.0394. The summed E-state index contributed by atoms with van der Waals surface area (Å²) >= 11 is 0. The summed E-state index contributed by atoms with van der Waals surface area (Å²) in [5.41, 5.74) is 1.49. The van der Waals surface area contributed by atoms with E-state index in [4.69, 9.17) is 5.26 Å². The van der Waals surface area contributed by atoms with Crippen LogP contribution in [0.1, 0.15) is 5.56 Å². The number of amides is 1. The van der Waals surface area contributed by atoms with Gasteiger partial charge in [-0.1, -0.05) is 12.1 Å². The largest absolute Gasteiger partial charge is 0.376 e. The average Bonchev–Trinajstić information content (AvgIpc) is 2.60. The minimum absolute atomic E-state index is 0.0394. The van der Waals surface area contributed by atoms with Gasteiger partial charge in [-0.3, -0.25) is 4.79 Å². The lowest BCUT2D eigenvalue weighted by Gasteiger charge is -2.13. The van der Waals surface area contributed by atoms with E-state index in [1.807, 2.05) is 6.07 Å². The van der Waals surface area contributed by atoms with Crippen molar-refractivity contribution in [2.75, 3.05) is 31.3 Å². The van der Waals surface area contributed by atoms with Gasteiger partial charge in [0.1, 0.15) is 0 Å². The first-order chi connectivity index (χ1) is 11.8. The number of hydrogen-bond donors (Lipinski definition) is 2. The van der Waals surface area contributed by atoms with Crippen molar-refractivity contribution < 1.29 is 13.2 Å². The van der Waals surface area contributed by atoms with Crippen LogP contribution in [0.4, 0.5) is 11.4 Å². The van der Waals surface area contributed by atoms with E-state index in [0.717, 1.165) is 4.31 Å². The van der Waals surface area contributed by atoms with Crippen LogP contribution >= 0.6 is 0 Å². The Labute approximate surface area is 146 Å². The second kappa shape index (κ2) is 7.79. The van der Waals surface area contributed by atoms with Crippen LogP contribution in [-0.2, 0) is 14.8 Å². The molecular weight excluding hydrogens is 340 g/mol. The molecule has 0 saturated carbocycles. The van der Waals surface area contributed by atoms with Crippen molar-refractivity contribution in [2.24, 2.45) is 0 Å². The van der Waals surface area contributed by atoms with Gasteiger partial charge in [0.2, 0.25) is 15.9 Å². The second-order valence-electron chi connectivity index (χ2n) is 5.41. The molecule has 2 N–H and O–H groups in total. The van der Waals surface area contributed by atoms with Gasteiger partial charge in [0.05, 0.1) is 23.1 Å². The zero-order valence-electron chi connectivity index (χ0n) is 13.9. The van der Waals surface area contributed by atoms with E-state index in [2.05, 4.69) is 10.6 Å². The molecule has 0 aliphatic heterocycles. The molecule has 7 nitrogen and oxygen atoms in total. The molecule has 0 aliphatic carbocycles. The van der Waals surface area contributed by atoms with Gasteiger partial charge in [-0.2, -0.15) is 5.26 Å². The summed E-state index contributed by atoms with van der Waals surface area (Å²) in [4.78, 5) is 12.1. The molecule has 0 saturated heterocycles. The average molecular weight is 358 g/mol. The van der Waals surface area contributed by atoms with Gasteiger partial charge in [-0.15, -0.1) is 0 Å². The lowest BCUT2D eigenvalue weighted by Crippen LogP contribution is -2.23. The van der Waals surface area contributed by atoms with E-state index in [0.29, 0.717) is 16.9 Å². The lowest BCUT2D eigenvalue weighted by molar-refractivity contribution is -0.114. The molecule has 130 valence electrons. The highest BCUT2D eigenvalue weighted by Crippen LogP contribution is 2.18. The molecule has 2 rings (SSSR count). The van der Waals surface area contributed by atoms with Crippen LogP contribution in [0, 0.1) is 11.3 Å². The molecule has 0 aliphatic rings. The normalized spacial score (nSPS) is 11.0. The number of hydrogen-bond acceptors (Lipinski definition) is 5. The Hall–Kier alpha value is -2.89. The molecule has 0 atom stereocenters. The number of benzene rings is 2. The van der Waals surface area contributed by atoms with Crippen molar-refractivity contribution in [3.63, 3.8) is 0 Å². The third-order valence-electron chi connectivity index (χ3n) is 3.34. The Morgan fingerprint density at radius 3 is 2.48 bits per heavy atom. The van der Waals surface area contributed by atoms with E-state index < -0.39 is 10.0 Å². The van der Waals surface area contributed by atoms with Crippen LogP contribution in [0.2, 0.25) is 0 Å². The minimum Gasteiger partial charge on any atom is -0.376 e. The maximum Gasteiger partial charge on any atom is 0.243 e. The fourth-order valence-electron chi connectivity index (χ4n) is 2.03. The van der Waals surface area contributed by atoms with Gasteiger partial charge >= 0.3 is 0 Å². The third-order valence-corrected chi connectivity index (χ3v) is 5.15. The van der Waals surface area contributed by atoms with Crippen molar-refractivity contribution in [1.29, 1.82) is 5.26 Å². The van der Waals surface area contributed by atoms with Crippen LogP contribution in [0.5, 0.6) is 0 Å². The summed E-state index contributed by atoms with van der Waals surface area (Å²) in [6, 6.07) is 14.8. The Morgan fingerprint density at radius 1 is 1.12 bits per heavy atom. The standard InChI is InChI=1S/C17H18N4O3S/c1-21(2)25(23,24)16-8-4-6-14(10-16)19-12-17(22)20-15-7-3-5-13(9-15)11-18/h3-10,19H,12H2,1-2H3,(H,20,22). The first kappa shape index (κ1) is 18.4. The molecule has 0 unspecified atom stereocenters. The second-order valence-corrected chi connectivity index (χ2v) is 7.56. The van der Waals surface area contributed by atoms with E-state index in [1.165, 1.54) is 26.2 Å². The van der Waals surface area contributed by atoms with Crippen molar-refractivity contribution in [3.05, 3.63) is 54.1 Å². The fourth-order valence-corrected chi connectivity index (χ4v) is 2.98. The molecular formula is C17H18N4O3S. The van der Waals surface area contributed by atoms with Gasteiger partial charge in [0.25, 0.3) is 0 Å². The number of carbonyl (C=O) groups excluding carboxylic acids is 1. The highest BCUT2D eigenvalue weighted by molar-refractivity contribution is 7.89. The maximum atomic E-state index is 12.1. The fraction of sp³-hybridized carbons (Fsp3) is 0.176. The smallest absolute Gasteiger partial charge is 0.243 e. The van der Waals surface area contributed by atoms with Gasteiger partial charge < -0.3 is 10.6 Å². The highest BCUT2D eigenvalue weighted by Gasteiger charge is 2.17. The van der Waals surface area contributed by atoms with Crippen LogP contribution in [0.15, 0.2) is 53.4 Å². The number of rotatable bonds is 6. The summed E-state index contributed by atoms with van der Waals surface area (Å²) < 4.78 is 25.4. The molecule has 2 aromatic rings. The maximum absolute atomic E-state index is 12.1. The van der Waals surface area contributed by atoms with E-state index >= 15 is 0 Å². The minimum atomic E-state index is -3.53. The molecule has 0 radical (unpaired) electrons. The zero-order valence-corrected chi connectivity index (χ0v) is 14.7. The molecule has 0 spiro atoms. The molecule has 1 amide bonds. The summed E-state index contributed by atoms with van der Waals surface area (Å²) in [5.74, 6) is -0.309. The molecule has 8 heteroatoms. The third kappa shape index (κ3) is 4.79. The zero-order chi connectivity index (χ0) is 18.4. The molecule has 0 heterocycles. The Balaban J connectivity index is 2.02. The first-order valence-electron chi connectivity index (χ1n) is 7.39. The van der Waals surface area contributed by atoms with Gasteiger partial charge in [0.15, 0.2) is 0 Å². The molecule has 25 heavy (non-hydrogen) atoms. The van der Waals surface area contributed by atoms with Crippen molar-refractivity contribution in [2.45, 2.75) is 4.90 Å². The molecule has 0 fully saturated rings. The van der Waals surface area contributed by atoms with Crippen LogP contribution in [0.25, 0.3) is 0 Å². The van der Waals surface area contributed by atoms with Gasteiger partial charge in [-0.25, -0.2) is 12.7 Å². The van der Waals surface area contributed by atoms with Gasteiger partial charge in [-0.05, 0) is 36.4 Å². The van der Waals surface area contributed by atoms with Crippen molar-refractivity contribution in [1.82, 2.24) is 4.31 Å². The van der Waals surface area contributed by atoms with Crippen LogP contribution in [0.3, 0.4) is 0 Å². The van der Waals surface area contributed by atoms with Crippen molar-refractivity contribution in [3.8, 4) is 6.07 Å². The number of sulfonamides is 1. The Morgan fingerprint density at radius 2 is 1.80 bits per heavy atom. The molecule has 0 bridgehead atoms. The molecule has 0 aromatic heterocycles. The number of nitriles is 1. The van der Waals surface area contributed by atoms with Crippen LogP contribution < -0.4 is 10.6 Å². The monoisotopic (exact) mass is 358 g/mol. The Bertz CT molecular complexity index is 917. The van der Waals surface area contributed by atoms with Crippen molar-refractivity contribution >= 4 is 27.3 Å². The highest BCUT2D eigenvalue weighted by atomic mass is 32.2. The predicted octanol–water partition coefficient (Wildman–Crippen LogP) is 1.86. The number of nitrogens with one attached hydrogen (secondary N) is 2. The summed E-state index contributed by atoms with van der Waals surface area (Å²) in [5, 5.41) is 14.4. The quantitative estimate of drug-likeness (QED) is 0.820. The number of nitrogens with zero attached hydrogens (tertiary/aromatic N) is 2. The van der Waals surface area contributed by atoms with E-state index in [-0.39, 0.29) is 17.3 Å². The lowest BCUT2D eigenvalue weighted by atomic mass is 10.2. The number of carbonyl (C=O) groups is 1. The van der Waals surface area contributed by atoms with E-state index in [1.54, 1.807) is 36.4 Å². The summed E-state index contributed by atoms with van der Waals surface area (Å²) in [6.07, 6.45) is 0. The number of anilines is 2. The molecule has 2 aromatic carbocycles. The Kier molecular flexibility index (Phi) is 5.75. The predicted molar refractivity (Wildman–Crippen MR) is 95.6 cm³/mol. The summed E-state index contributed by atoms with van der Waals surface area (Å²) in [7, 11) is -0.619. The van der Waals surface area contributed by atoms with Gasteiger partial charge in [0, 0.05) is 25.5 Å².